The van der Waals surface area contributed by atoms with Crippen molar-refractivity contribution in [1.82, 2.24) is 9.78 Å². The van der Waals surface area contributed by atoms with Gasteiger partial charge in [0.25, 0.3) is 0 Å². The standard InChI is InChI=1S/C8H9N3S/c1-11-6-7(5-9-11)10-8-3-2-4-12-8/h2-6,10H,1H3. The molecule has 0 saturated carbocycles. The average molecular weight is 179 g/mol. The zero-order valence-corrected chi connectivity index (χ0v) is 7.51. The summed E-state index contributed by atoms with van der Waals surface area (Å²) in [5.74, 6) is 0. The van der Waals surface area contributed by atoms with Crippen molar-refractivity contribution in [2.45, 2.75) is 0 Å². The average Bonchev–Trinajstić information content (AvgIpc) is 2.63. The van der Waals surface area contributed by atoms with Gasteiger partial charge in [-0.25, -0.2) is 0 Å². The lowest BCUT2D eigenvalue weighted by atomic mass is 10.5. The fourth-order valence-corrected chi connectivity index (χ4v) is 1.62. The van der Waals surface area contributed by atoms with Gasteiger partial charge in [-0.15, -0.1) is 11.3 Å². The molecule has 62 valence electrons. The third kappa shape index (κ3) is 1.48. The van der Waals surface area contributed by atoms with Crippen LogP contribution in [0.2, 0.25) is 0 Å². The molecule has 1 N–H and O–H groups in total. The van der Waals surface area contributed by atoms with E-state index in [0.29, 0.717) is 0 Å². The van der Waals surface area contributed by atoms with Crippen molar-refractivity contribution in [3.8, 4) is 0 Å². The molecule has 0 atom stereocenters. The van der Waals surface area contributed by atoms with Gasteiger partial charge < -0.3 is 5.32 Å². The summed E-state index contributed by atoms with van der Waals surface area (Å²) in [5, 5.41) is 10.5. The molecule has 4 heteroatoms. The van der Waals surface area contributed by atoms with Crippen LogP contribution < -0.4 is 5.32 Å². The van der Waals surface area contributed by atoms with Gasteiger partial charge in [-0.1, -0.05) is 0 Å². The quantitative estimate of drug-likeness (QED) is 0.766. The van der Waals surface area contributed by atoms with E-state index in [9.17, 15) is 0 Å². The van der Waals surface area contributed by atoms with Crippen LogP contribution in [0.25, 0.3) is 0 Å². The Balaban J connectivity index is 2.14. The Bertz CT molecular complexity index is 350. The molecular formula is C8H9N3S. The van der Waals surface area contributed by atoms with E-state index in [1.807, 2.05) is 30.8 Å². The molecule has 3 nitrogen and oxygen atoms in total. The predicted octanol–water partition coefficient (Wildman–Crippen LogP) is 2.23. The summed E-state index contributed by atoms with van der Waals surface area (Å²) in [4.78, 5) is 0. The van der Waals surface area contributed by atoms with E-state index in [4.69, 9.17) is 0 Å². The largest absolute Gasteiger partial charge is 0.345 e. The van der Waals surface area contributed by atoms with Crippen LogP contribution in [-0.4, -0.2) is 9.78 Å². The molecule has 0 bridgehead atoms. The van der Waals surface area contributed by atoms with E-state index >= 15 is 0 Å². The van der Waals surface area contributed by atoms with Gasteiger partial charge in [-0.3, -0.25) is 4.68 Å². The number of aryl methyl sites for hydroxylation is 1. The minimum atomic E-state index is 1.03. The predicted molar refractivity (Wildman–Crippen MR) is 50.8 cm³/mol. The second-order valence-electron chi connectivity index (χ2n) is 2.50. The molecule has 0 aliphatic carbocycles. The van der Waals surface area contributed by atoms with Crippen LogP contribution in [0, 0.1) is 0 Å². The molecule has 0 aliphatic heterocycles. The normalized spacial score (nSPS) is 10.1. The van der Waals surface area contributed by atoms with Crippen molar-refractivity contribution >= 4 is 22.0 Å². The number of thiophene rings is 1. The van der Waals surface area contributed by atoms with E-state index in [1.54, 1.807) is 22.2 Å². The van der Waals surface area contributed by atoms with E-state index in [0.717, 1.165) is 10.7 Å². The summed E-state index contributed by atoms with van der Waals surface area (Å²) in [5.41, 5.74) is 1.03. The van der Waals surface area contributed by atoms with Crippen molar-refractivity contribution in [2.75, 3.05) is 5.32 Å². The molecule has 0 radical (unpaired) electrons. The molecular weight excluding hydrogens is 170 g/mol. The first-order valence-electron chi connectivity index (χ1n) is 3.64. The van der Waals surface area contributed by atoms with Gasteiger partial charge in [0.2, 0.25) is 0 Å². The number of aromatic nitrogens is 2. The Hall–Kier alpha value is -1.29. The van der Waals surface area contributed by atoms with Crippen molar-refractivity contribution in [1.29, 1.82) is 0 Å². The number of nitrogens with zero attached hydrogens (tertiary/aromatic N) is 2. The summed E-state index contributed by atoms with van der Waals surface area (Å²) in [6.45, 7) is 0. The monoisotopic (exact) mass is 179 g/mol. The zero-order valence-electron chi connectivity index (χ0n) is 6.69. The molecule has 12 heavy (non-hydrogen) atoms. The van der Waals surface area contributed by atoms with Crippen molar-refractivity contribution in [3.63, 3.8) is 0 Å². The van der Waals surface area contributed by atoms with Crippen molar-refractivity contribution in [3.05, 3.63) is 29.9 Å². The fraction of sp³-hybridized carbons (Fsp3) is 0.125. The highest BCUT2D eigenvalue weighted by Crippen LogP contribution is 2.20. The second-order valence-corrected chi connectivity index (χ2v) is 3.45. The molecule has 2 aromatic rings. The van der Waals surface area contributed by atoms with Crippen LogP contribution in [0.5, 0.6) is 0 Å². The molecule has 0 amide bonds. The van der Waals surface area contributed by atoms with Gasteiger partial charge in [-0.2, -0.15) is 5.10 Å². The zero-order chi connectivity index (χ0) is 8.39. The summed E-state index contributed by atoms with van der Waals surface area (Å²) < 4.78 is 1.77. The first-order chi connectivity index (χ1) is 5.84. The Morgan fingerprint density at radius 2 is 2.50 bits per heavy atom. The minimum absolute atomic E-state index is 1.03. The van der Waals surface area contributed by atoms with Gasteiger partial charge in [0.1, 0.15) is 0 Å². The number of hydrogen-bond acceptors (Lipinski definition) is 3. The van der Waals surface area contributed by atoms with Crippen LogP contribution in [0.1, 0.15) is 0 Å². The first-order valence-corrected chi connectivity index (χ1v) is 4.52. The highest BCUT2D eigenvalue weighted by atomic mass is 32.1. The minimum Gasteiger partial charge on any atom is -0.345 e. The Kier molecular flexibility index (Phi) is 1.83. The lowest BCUT2D eigenvalue weighted by Gasteiger charge is -1.96. The maximum atomic E-state index is 4.06. The van der Waals surface area contributed by atoms with Crippen molar-refractivity contribution in [2.24, 2.45) is 7.05 Å². The molecule has 0 aliphatic rings. The molecule has 2 rings (SSSR count). The SMILES string of the molecule is Cn1cc(Nc2cccs2)cn1. The smallest absolute Gasteiger partial charge is 0.0927 e. The number of nitrogens with one attached hydrogen (secondary N) is 1. The molecule has 0 spiro atoms. The molecule has 0 fully saturated rings. The first kappa shape index (κ1) is 7.36. The topological polar surface area (TPSA) is 29.9 Å². The van der Waals surface area contributed by atoms with Crippen LogP contribution in [-0.2, 0) is 7.05 Å². The number of anilines is 2. The fourth-order valence-electron chi connectivity index (χ4n) is 0.978. The number of hydrogen-bond donors (Lipinski definition) is 1. The van der Waals surface area contributed by atoms with E-state index < -0.39 is 0 Å². The van der Waals surface area contributed by atoms with E-state index in [-0.39, 0.29) is 0 Å². The third-order valence-corrected chi connectivity index (χ3v) is 2.28. The number of rotatable bonds is 2. The highest BCUT2D eigenvalue weighted by molar-refractivity contribution is 7.14. The van der Waals surface area contributed by atoms with Gasteiger partial charge in [0.05, 0.1) is 16.9 Å². The summed E-state index contributed by atoms with van der Waals surface area (Å²) in [6.07, 6.45) is 3.75. The molecule has 0 unspecified atom stereocenters. The van der Waals surface area contributed by atoms with Gasteiger partial charge >= 0.3 is 0 Å². The molecule has 2 aromatic heterocycles. The van der Waals surface area contributed by atoms with Gasteiger partial charge in [0.15, 0.2) is 0 Å². The highest BCUT2D eigenvalue weighted by Gasteiger charge is 1.95. The van der Waals surface area contributed by atoms with Crippen LogP contribution >= 0.6 is 11.3 Å². The van der Waals surface area contributed by atoms with Crippen LogP contribution in [0.3, 0.4) is 0 Å². The van der Waals surface area contributed by atoms with Crippen molar-refractivity contribution < 1.29 is 0 Å². The Morgan fingerprint density at radius 3 is 3.08 bits per heavy atom. The maximum Gasteiger partial charge on any atom is 0.0927 e. The van der Waals surface area contributed by atoms with Crippen LogP contribution in [0.4, 0.5) is 10.7 Å². The van der Waals surface area contributed by atoms with Crippen LogP contribution in [0.15, 0.2) is 29.9 Å². The Labute approximate surface area is 74.7 Å². The second kappa shape index (κ2) is 2.98. The summed E-state index contributed by atoms with van der Waals surface area (Å²) >= 11 is 1.68. The van der Waals surface area contributed by atoms with E-state index in [2.05, 4.69) is 10.4 Å². The summed E-state index contributed by atoms with van der Waals surface area (Å²) in [7, 11) is 1.90. The lowest BCUT2D eigenvalue weighted by Crippen LogP contribution is -1.85. The Morgan fingerprint density at radius 1 is 1.58 bits per heavy atom. The van der Waals surface area contributed by atoms with E-state index in [1.165, 1.54) is 0 Å². The van der Waals surface area contributed by atoms with Gasteiger partial charge in [0, 0.05) is 13.2 Å². The molecule has 0 aromatic carbocycles. The van der Waals surface area contributed by atoms with Gasteiger partial charge in [-0.05, 0) is 17.5 Å². The summed E-state index contributed by atoms with van der Waals surface area (Å²) in [6, 6.07) is 4.06. The lowest BCUT2D eigenvalue weighted by molar-refractivity contribution is 0.768. The third-order valence-electron chi connectivity index (χ3n) is 1.49. The molecule has 0 saturated heterocycles. The maximum absolute atomic E-state index is 4.06. The molecule has 2 heterocycles.